The van der Waals surface area contributed by atoms with E-state index in [2.05, 4.69) is 43.0 Å². The van der Waals surface area contributed by atoms with Crippen molar-refractivity contribution in [3.63, 3.8) is 0 Å². The van der Waals surface area contributed by atoms with E-state index < -0.39 is 0 Å². The minimum absolute atomic E-state index is 0.428. The van der Waals surface area contributed by atoms with Gasteiger partial charge in [-0.1, -0.05) is 12.1 Å². The zero-order valence-electron chi connectivity index (χ0n) is 13.0. The first-order valence-electron chi connectivity index (χ1n) is 7.98. The molecule has 1 aliphatic rings. The Bertz CT molecular complexity index is 551. The second kappa shape index (κ2) is 6.42. The van der Waals surface area contributed by atoms with Crippen LogP contribution in [0.1, 0.15) is 37.6 Å². The summed E-state index contributed by atoms with van der Waals surface area (Å²) in [5.41, 5.74) is 7.23. The molecule has 1 fully saturated rings. The molecule has 0 bridgehead atoms. The van der Waals surface area contributed by atoms with Gasteiger partial charge in [0.1, 0.15) is 0 Å². The van der Waals surface area contributed by atoms with Crippen LogP contribution in [0.15, 0.2) is 24.3 Å². The molecule has 1 aliphatic heterocycles. The topological polar surface area (TPSA) is 42.1 Å². The molecule has 1 saturated heterocycles. The Hall–Kier alpha value is -0.970. The van der Waals surface area contributed by atoms with Gasteiger partial charge < -0.3 is 10.6 Å². The number of nitrogens with zero attached hydrogens (tertiary/aromatic N) is 2. The number of benzene rings is 1. The highest BCUT2D eigenvalue weighted by Gasteiger charge is 2.29. The van der Waals surface area contributed by atoms with Crippen molar-refractivity contribution >= 4 is 21.6 Å². The lowest BCUT2D eigenvalue weighted by atomic mass is 9.84. The summed E-state index contributed by atoms with van der Waals surface area (Å²) in [7, 11) is 0. The maximum Gasteiger partial charge on any atom is 0.0984 e. The van der Waals surface area contributed by atoms with Gasteiger partial charge in [-0.2, -0.15) is 0 Å². The molecule has 21 heavy (non-hydrogen) atoms. The third-order valence-corrected chi connectivity index (χ3v) is 5.92. The summed E-state index contributed by atoms with van der Waals surface area (Å²) < 4.78 is 1.28. The molecule has 3 nitrogen and oxygen atoms in total. The van der Waals surface area contributed by atoms with Gasteiger partial charge >= 0.3 is 0 Å². The molecular weight excluding hydrogens is 278 g/mol. The molecule has 0 radical (unpaired) electrons. The summed E-state index contributed by atoms with van der Waals surface area (Å²) in [4.78, 5) is 7.41. The summed E-state index contributed by atoms with van der Waals surface area (Å²) in [5, 5.41) is 1.24. The van der Waals surface area contributed by atoms with Gasteiger partial charge in [-0.15, -0.1) is 11.3 Å². The molecule has 1 aromatic heterocycles. The Balaban J connectivity index is 1.76. The molecule has 0 amide bonds. The summed E-state index contributed by atoms with van der Waals surface area (Å²) in [5.74, 6) is 1.11. The highest BCUT2D eigenvalue weighted by molar-refractivity contribution is 7.18. The fourth-order valence-electron chi connectivity index (χ4n) is 3.38. The van der Waals surface area contributed by atoms with Crippen LogP contribution in [0.4, 0.5) is 0 Å². The van der Waals surface area contributed by atoms with Crippen LogP contribution in [-0.4, -0.2) is 35.6 Å². The number of hydrogen-bond donors (Lipinski definition) is 1. The van der Waals surface area contributed by atoms with E-state index in [1.807, 2.05) is 11.3 Å². The number of para-hydroxylation sites is 1. The van der Waals surface area contributed by atoms with Crippen molar-refractivity contribution in [3.8, 4) is 0 Å². The average Bonchev–Trinajstić information content (AvgIpc) is 2.92. The Morgan fingerprint density at radius 1 is 1.29 bits per heavy atom. The summed E-state index contributed by atoms with van der Waals surface area (Å²) >= 11 is 1.83. The van der Waals surface area contributed by atoms with Crippen LogP contribution in [-0.2, 0) is 0 Å². The molecule has 0 aliphatic carbocycles. The van der Waals surface area contributed by atoms with Crippen LogP contribution in [0, 0.1) is 5.92 Å². The van der Waals surface area contributed by atoms with Crippen LogP contribution < -0.4 is 5.73 Å². The molecule has 0 spiro atoms. The van der Waals surface area contributed by atoms with Crippen LogP contribution in [0.25, 0.3) is 10.2 Å². The van der Waals surface area contributed by atoms with E-state index in [1.54, 1.807) is 0 Å². The Morgan fingerprint density at radius 3 is 2.62 bits per heavy atom. The van der Waals surface area contributed by atoms with Crippen molar-refractivity contribution in [1.29, 1.82) is 0 Å². The fraction of sp³-hybridized carbons (Fsp3) is 0.588. The number of nitrogens with two attached hydrogens (primary N) is 1. The lowest BCUT2D eigenvalue weighted by Gasteiger charge is -2.37. The monoisotopic (exact) mass is 303 g/mol. The minimum atomic E-state index is 0.428. The predicted molar refractivity (Wildman–Crippen MR) is 90.8 cm³/mol. The SMILES string of the molecule is CC(C)N1CCC(C(CN)c2nc3ccccc3s2)CC1. The van der Waals surface area contributed by atoms with Crippen LogP contribution in [0.5, 0.6) is 0 Å². The standard InChI is InChI=1S/C17H25N3S/c1-12(2)20-9-7-13(8-10-20)14(11-18)17-19-15-5-3-4-6-16(15)21-17/h3-6,12-14H,7-11,18H2,1-2H3. The normalized spacial score (nSPS) is 19.4. The molecule has 1 unspecified atom stereocenters. The van der Waals surface area contributed by atoms with E-state index >= 15 is 0 Å². The lowest BCUT2D eigenvalue weighted by Crippen LogP contribution is -2.40. The van der Waals surface area contributed by atoms with E-state index in [0.29, 0.717) is 24.4 Å². The highest BCUT2D eigenvalue weighted by atomic mass is 32.1. The zero-order valence-corrected chi connectivity index (χ0v) is 13.8. The van der Waals surface area contributed by atoms with Gasteiger partial charge in [0, 0.05) is 18.5 Å². The van der Waals surface area contributed by atoms with E-state index in [1.165, 1.54) is 35.6 Å². The van der Waals surface area contributed by atoms with Crippen LogP contribution in [0.3, 0.4) is 0 Å². The first kappa shape index (κ1) is 14.9. The third kappa shape index (κ3) is 3.12. The fourth-order valence-corrected chi connectivity index (χ4v) is 4.56. The largest absolute Gasteiger partial charge is 0.330 e. The highest BCUT2D eigenvalue weighted by Crippen LogP contribution is 2.36. The number of likely N-dealkylation sites (tertiary alicyclic amines) is 1. The number of fused-ring (bicyclic) bond motifs is 1. The molecule has 1 atom stereocenters. The molecular formula is C17H25N3S. The molecule has 0 saturated carbocycles. The van der Waals surface area contributed by atoms with Gasteiger partial charge in [-0.25, -0.2) is 4.98 Å². The summed E-state index contributed by atoms with van der Waals surface area (Å²) in [6.07, 6.45) is 2.49. The maximum atomic E-state index is 6.10. The van der Waals surface area contributed by atoms with E-state index in [9.17, 15) is 0 Å². The van der Waals surface area contributed by atoms with Crippen LogP contribution >= 0.6 is 11.3 Å². The van der Waals surface area contributed by atoms with Gasteiger partial charge in [-0.3, -0.25) is 0 Å². The van der Waals surface area contributed by atoms with Gasteiger partial charge in [0.2, 0.25) is 0 Å². The number of piperidine rings is 1. The van der Waals surface area contributed by atoms with E-state index in [0.717, 1.165) is 5.52 Å². The minimum Gasteiger partial charge on any atom is -0.330 e. The molecule has 114 valence electrons. The van der Waals surface area contributed by atoms with Gasteiger partial charge in [0.15, 0.2) is 0 Å². The quantitative estimate of drug-likeness (QED) is 0.940. The van der Waals surface area contributed by atoms with Crippen molar-refractivity contribution in [2.24, 2.45) is 11.7 Å². The van der Waals surface area contributed by atoms with Crippen molar-refractivity contribution in [2.45, 2.75) is 38.6 Å². The molecule has 2 aromatic rings. The summed E-state index contributed by atoms with van der Waals surface area (Å²) in [6.45, 7) is 7.68. The van der Waals surface area contributed by atoms with E-state index in [4.69, 9.17) is 10.7 Å². The Morgan fingerprint density at radius 2 is 2.00 bits per heavy atom. The number of hydrogen-bond acceptors (Lipinski definition) is 4. The zero-order chi connectivity index (χ0) is 14.8. The first-order chi connectivity index (χ1) is 10.2. The molecule has 3 rings (SSSR count). The van der Waals surface area contributed by atoms with Crippen molar-refractivity contribution in [2.75, 3.05) is 19.6 Å². The predicted octanol–water partition coefficient (Wildman–Crippen LogP) is 3.46. The lowest BCUT2D eigenvalue weighted by molar-refractivity contribution is 0.138. The third-order valence-electron chi connectivity index (χ3n) is 4.76. The average molecular weight is 303 g/mol. The number of thiazole rings is 1. The van der Waals surface area contributed by atoms with Gasteiger partial charge in [-0.05, 0) is 57.8 Å². The second-order valence-electron chi connectivity index (χ2n) is 6.33. The van der Waals surface area contributed by atoms with Crippen molar-refractivity contribution in [3.05, 3.63) is 29.3 Å². The molecule has 2 heterocycles. The van der Waals surface area contributed by atoms with Crippen LogP contribution in [0.2, 0.25) is 0 Å². The molecule has 1 aromatic carbocycles. The Labute approximate surface area is 131 Å². The maximum absolute atomic E-state index is 6.10. The number of rotatable bonds is 4. The second-order valence-corrected chi connectivity index (χ2v) is 7.39. The van der Waals surface area contributed by atoms with Crippen molar-refractivity contribution < 1.29 is 0 Å². The Kier molecular flexibility index (Phi) is 4.57. The summed E-state index contributed by atoms with van der Waals surface area (Å²) in [6, 6.07) is 9.06. The number of aromatic nitrogens is 1. The molecule has 2 N–H and O–H groups in total. The van der Waals surface area contributed by atoms with Gasteiger partial charge in [0.25, 0.3) is 0 Å². The van der Waals surface area contributed by atoms with Crippen molar-refractivity contribution in [1.82, 2.24) is 9.88 Å². The molecule has 4 heteroatoms. The van der Waals surface area contributed by atoms with Gasteiger partial charge in [0.05, 0.1) is 15.2 Å². The first-order valence-corrected chi connectivity index (χ1v) is 8.80. The van der Waals surface area contributed by atoms with E-state index in [-0.39, 0.29) is 0 Å². The smallest absolute Gasteiger partial charge is 0.0984 e.